The summed E-state index contributed by atoms with van der Waals surface area (Å²) in [6.45, 7) is 3.32. The van der Waals surface area contributed by atoms with E-state index < -0.39 is 60.4 Å². The van der Waals surface area contributed by atoms with Gasteiger partial charge in [0.2, 0.25) is 34.8 Å². The van der Waals surface area contributed by atoms with E-state index >= 15 is 8.78 Å². The van der Waals surface area contributed by atoms with Crippen molar-refractivity contribution in [3.8, 4) is 5.75 Å². The van der Waals surface area contributed by atoms with Crippen LogP contribution >= 0.6 is 43.2 Å². The fourth-order valence-corrected chi connectivity index (χ4v) is 7.53. The Morgan fingerprint density at radius 1 is 0.804 bits per heavy atom. The molecule has 0 spiro atoms. The number of thiophene rings is 1. The summed E-state index contributed by atoms with van der Waals surface area (Å²) in [7, 11) is -2.93. The Kier molecular flexibility index (Phi) is 14.8. The summed E-state index contributed by atoms with van der Waals surface area (Å²) in [4.78, 5) is 35.9. The zero-order valence-corrected chi connectivity index (χ0v) is 27.8. The number of esters is 1. The van der Waals surface area contributed by atoms with Crippen LogP contribution < -0.4 is 4.74 Å². The van der Waals surface area contributed by atoms with E-state index in [9.17, 15) is 36.3 Å². The monoisotopic (exact) mass is 732 g/mol. The van der Waals surface area contributed by atoms with E-state index in [4.69, 9.17) is 9.05 Å². The number of fused-ring (bicyclic) bond motifs is 1. The summed E-state index contributed by atoms with van der Waals surface area (Å²) < 4.78 is 116. The molecule has 1 aromatic heterocycles. The van der Waals surface area contributed by atoms with Gasteiger partial charge in [0.25, 0.3) is 8.38 Å². The Balaban J connectivity index is 1.79. The van der Waals surface area contributed by atoms with Gasteiger partial charge in [0.15, 0.2) is 10.2 Å². The molecule has 0 aliphatic heterocycles. The molecule has 1 heterocycles. The minimum atomic E-state index is -3.71. The van der Waals surface area contributed by atoms with Gasteiger partial charge in [0, 0.05) is 34.6 Å². The van der Waals surface area contributed by atoms with Crippen molar-refractivity contribution in [3.05, 3.63) is 63.8 Å². The molecule has 0 aliphatic carbocycles. The topological polar surface area (TPSA) is 78.9 Å². The molecule has 0 bridgehead atoms. The van der Waals surface area contributed by atoms with Gasteiger partial charge in [0.1, 0.15) is 4.88 Å². The normalized spacial score (nSPS) is 12.5. The molecule has 1 unspecified atom stereocenters. The van der Waals surface area contributed by atoms with Crippen molar-refractivity contribution in [2.45, 2.75) is 51.6 Å². The van der Waals surface area contributed by atoms with Gasteiger partial charge in [-0.1, -0.05) is 49.9 Å². The van der Waals surface area contributed by atoms with Gasteiger partial charge in [-0.25, -0.2) is 18.0 Å². The van der Waals surface area contributed by atoms with E-state index in [0.29, 0.717) is 37.0 Å². The molecule has 0 fully saturated rings. The third-order valence-electron chi connectivity index (χ3n) is 5.96. The summed E-state index contributed by atoms with van der Waals surface area (Å²) >= 11 is 2.58. The Bertz CT molecular complexity index is 1530. The summed E-state index contributed by atoms with van der Waals surface area (Å²) in [5.74, 6) is -14.8. The summed E-state index contributed by atoms with van der Waals surface area (Å²) in [6, 6.07) is 4.40. The molecule has 6 nitrogen and oxygen atoms in total. The van der Waals surface area contributed by atoms with Crippen molar-refractivity contribution in [2.24, 2.45) is 0 Å². The molecule has 1 atom stereocenters. The maximum absolute atomic E-state index is 15.8. The molecule has 0 amide bonds. The lowest BCUT2D eigenvalue weighted by molar-refractivity contribution is -0.111. The number of halogens is 7. The Hall–Kier alpha value is -2.23. The maximum Gasteiger partial charge on any atom is 0.353 e. The fourth-order valence-electron chi connectivity index (χ4n) is 3.67. The van der Waals surface area contributed by atoms with Gasteiger partial charge in [0.05, 0.1) is 13.2 Å². The standard InChI is InChI=1S/C29H28F7O6PS3/c1-3-5-7-21(38)45-13-11-41-43(40-10-12-44-20(37)6-4-2)29(35,36)17-8-9-18-16(14-17)15-19(46-18)28(39)42-27-25(33)23(31)22(30)24(32)26(27)34/h8-9,14-15H,3-7,10-13H2,1-2H3. The average Bonchev–Trinajstić information content (AvgIpc) is 3.47. The first-order chi connectivity index (χ1) is 21.8. The molecular formula is C29H28F7O6PS3. The molecule has 0 aliphatic rings. The number of hydrogen-bond donors (Lipinski definition) is 0. The number of benzene rings is 2. The first kappa shape index (κ1) is 38.2. The maximum atomic E-state index is 15.8. The number of alkyl halides is 2. The predicted molar refractivity (Wildman–Crippen MR) is 165 cm³/mol. The van der Waals surface area contributed by atoms with Crippen LogP contribution in [0.2, 0.25) is 0 Å². The second-order valence-corrected chi connectivity index (χ2v) is 14.4. The molecule has 0 radical (unpaired) electrons. The summed E-state index contributed by atoms with van der Waals surface area (Å²) in [5, 5.41) is -0.118. The molecular weight excluding hydrogens is 704 g/mol. The molecule has 46 heavy (non-hydrogen) atoms. The van der Waals surface area contributed by atoms with Gasteiger partial charge in [-0.2, -0.15) is 17.6 Å². The smallest absolute Gasteiger partial charge is 0.353 e. The van der Waals surface area contributed by atoms with Crippen LogP contribution in [0.4, 0.5) is 30.7 Å². The van der Waals surface area contributed by atoms with Crippen molar-refractivity contribution in [1.29, 1.82) is 0 Å². The minimum absolute atomic E-state index is 0.0827. The summed E-state index contributed by atoms with van der Waals surface area (Å²) in [5.41, 5.74) is -4.28. The second-order valence-electron chi connectivity index (χ2n) is 9.41. The van der Waals surface area contributed by atoms with E-state index in [1.807, 2.05) is 13.8 Å². The lowest BCUT2D eigenvalue weighted by atomic mass is 10.1. The third kappa shape index (κ3) is 9.89. The molecule has 252 valence electrons. The predicted octanol–water partition coefficient (Wildman–Crippen LogP) is 9.72. The van der Waals surface area contributed by atoms with Crippen molar-refractivity contribution >= 4 is 69.5 Å². The van der Waals surface area contributed by atoms with Crippen LogP contribution in [-0.4, -0.2) is 40.9 Å². The van der Waals surface area contributed by atoms with E-state index in [0.717, 1.165) is 48.1 Å². The number of carbonyl (C=O) groups is 3. The van der Waals surface area contributed by atoms with Crippen molar-refractivity contribution in [1.82, 2.24) is 0 Å². The van der Waals surface area contributed by atoms with Crippen LogP contribution in [-0.2, 0) is 24.3 Å². The minimum Gasteiger partial charge on any atom is -0.416 e. The second kappa shape index (κ2) is 17.8. The van der Waals surface area contributed by atoms with Gasteiger partial charge in [-0.15, -0.1) is 11.3 Å². The quantitative estimate of drug-likeness (QED) is 0.0258. The Morgan fingerprint density at radius 3 is 1.93 bits per heavy atom. The van der Waals surface area contributed by atoms with Gasteiger partial charge in [-0.05, 0) is 36.4 Å². The molecule has 0 saturated heterocycles. The zero-order chi connectivity index (χ0) is 34.0. The van der Waals surface area contributed by atoms with Gasteiger partial charge < -0.3 is 13.8 Å². The Labute approximate surface area is 273 Å². The highest BCUT2D eigenvalue weighted by Gasteiger charge is 2.45. The average molecular weight is 733 g/mol. The number of ether oxygens (including phenoxy) is 1. The van der Waals surface area contributed by atoms with E-state index in [2.05, 4.69) is 4.74 Å². The van der Waals surface area contributed by atoms with Crippen molar-refractivity contribution < 1.29 is 58.9 Å². The van der Waals surface area contributed by atoms with Crippen molar-refractivity contribution in [2.75, 3.05) is 24.7 Å². The highest BCUT2D eigenvalue weighted by atomic mass is 32.2. The highest BCUT2D eigenvalue weighted by molar-refractivity contribution is 8.13. The largest absolute Gasteiger partial charge is 0.416 e. The van der Waals surface area contributed by atoms with Crippen LogP contribution in [0.3, 0.4) is 0 Å². The van der Waals surface area contributed by atoms with Crippen LogP contribution in [0, 0.1) is 29.1 Å². The molecule has 0 saturated carbocycles. The molecule has 0 N–H and O–H groups in total. The van der Waals surface area contributed by atoms with Crippen LogP contribution in [0.5, 0.6) is 5.75 Å². The number of carbonyl (C=O) groups excluding carboxylic acids is 3. The Morgan fingerprint density at radius 2 is 1.37 bits per heavy atom. The van der Waals surface area contributed by atoms with Gasteiger partial charge in [-0.3, -0.25) is 9.59 Å². The van der Waals surface area contributed by atoms with Crippen LogP contribution in [0.15, 0.2) is 24.3 Å². The SMILES string of the molecule is CCCCC(=O)SCCOP(OCCSC(=O)CCC)C(F)(F)c1ccc2sc(C(=O)Oc3c(F)c(F)c(F)c(F)c3F)cc2c1. The molecule has 2 aromatic carbocycles. The molecule has 3 rings (SSSR count). The molecule has 17 heteroatoms. The van der Waals surface area contributed by atoms with Crippen LogP contribution in [0.1, 0.15) is 61.2 Å². The first-order valence-corrected chi connectivity index (χ1v) is 17.8. The lowest BCUT2D eigenvalue weighted by Gasteiger charge is -2.26. The number of hydrogen-bond acceptors (Lipinski definition) is 9. The van der Waals surface area contributed by atoms with Crippen molar-refractivity contribution in [3.63, 3.8) is 0 Å². The fraction of sp³-hybridized carbons (Fsp3) is 0.414. The lowest BCUT2D eigenvalue weighted by Crippen LogP contribution is -2.16. The first-order valence-electron chi connectivity index (χ1n) is 13.8. The molecule has 3 aromatic rings. The van der Waals surface area contributed by atoms with Gasteiger partial charge >= 0.3 is 11.6 Å². The zero-order valence-electron chi connectivity index (χ0n) is 24.4. The summed E-state index contributed by atoms with van der Waals surface area (Å²) in [6.07, 6.45) is 2.85. The third-order valence-corrected chi connectivity index (χ3v) is 10.4. The van der Waals surface area contributed by atoms with E-state index in [1.54, 1.807) is 0 Å². The number of unbranched alkanes of at least 4 members (excludes halogenated alkanes) is 1. The van der Waals surface area contributed by atoms with E-state index in [1.165, 1.54) is 6.07 Å². The van der Waals surface area contributed by atoms with E-state index in [-0.39, 0.29) is 49.9 Å². The number of rotatable bonds is 17. The number of thioether (sulfide) groups is 2. The highest BCUT2D eigenvalue weighted by Crippen LogP contribution is 2.60. The van der Waals surface area contributed by atoms with Crippen LogP contribution in [0.25, 0.3) is 10.1 Å².